The lowest BCUT2D eigenvalue weighted by Crippen LogP contribution is -2.45. The average Bonchev–Trinajstić information content (AvgIpc) is 2.63. The predicted molar refractivity (Wildman–Crippen MR) is 90.8 cm³/mol. The van der Waals surface area contributed by atoms with Gasteiger partial charge < -0.3 is 14.6 Å². The van der Waals surface area contributed by atoms with Crippen LogP contribution in [0.2, 0.25) is 0 Å². The molecular weight excluding hydrogens is 290 g/mol. The molecule has 5 nitrogen and oxygen atoms in total. The molecular formula is C18H17N3O2. The zero-order chi connectivity index (χ0) is 15.6. The van der Waals surface area contributed by atoms with Crippen LogP contribution in [0.5, 0.6) is 0 Å². The molecule has 0 atom stereocenters. The minimum Gasteiger partial charge on any atom is -0.452 e. The van der Waals surface area contributed by atoms with Crippen LogP contribution in [0.25, 0.3) is 22.4 Å². The molecule has 1 N–H and O–H groups in total. The van der Waals surface area contributed by atoms with E-state index in [1.807, 2.05) is 42.5 Å². The molecule has 0 bridgehead atoms. The van der Waals surface area contributed by atoms with Crippen LogP contribution >= 0.6 is 0 Å². The highest BCUT2D eigenvalue weighted by atomic mass is 16.3. The van der Waals surface area contributed by atoms with Gasteiger partial charge in [-0.05, 0) is 24.3 Å². The molecule has 1 fully saturated rings. The van der Waals surface area contributed by atoms with Gasteiger partial charge in [0.1, 0.15) is 17.0 Å². The van der Waals surface area contributed by atoms with Crippen LogP contribution in [0.4, 0.5) is 5.69 Å². The van der Waals surface area contributed by atoms with E-state index in [0.29, 0.717) is 28.1 Å². The van der Waals surface area contributed by atoms with E-state index in [9.17, 15) is 4.79 Å². The third-order valence-electron chi connectivity index (χ3n) is 4.10. The van der Waals surface area contributed by atoms with E-state index >= 15 is 0 Å². The Balaban J connectivity index is 2.00. The van der Waals surface area contributed by atoms with Gasteiger partial charge in [0.25, 0.3) is 0 Å². The fraction of sp³-hybridized carbons (Fsp3) is 0.222. The Labute approximate surface area is 133 Å². The summed E-state index contributed by atoms with van der Waals surface area (Å²) in [4.78, 5) is 19.5. The van der Waals surface area contributed by atoms with E-state index in [1.165, 1.54) is 0 Å². The number of hydrogen-bond donors (Lipinski definition) is 1. The van der Waals surface area contributed by atoms with E-state index in [0.717, 1.165) is 26.2 Å². The van der Waals surface area contributed by atoms with Gasteiger partial charge in [-0.2, -0.15) is 0 Å². The molecule has 3 aromatic rings. The van der Waals surface area contributed by atoms with E-state index in [1.54, 1.807) is 6.20 Å². The largest absolute Gasteiger partial charge is 0.452 e. The molecule has 23 heavy (non-hydrogen) atoms. The van der Waals surface area contributed by atoms with E-state index in [4.69, 9.17) is 4.42 Å². The molecule has 4 rings (SSSR count). The molecule has 0 saturated carbocycles. The number of nitrogens with zero attached hydrogens (tertiary/aromatic N) is 2. The highest BCUT2D eigenvalue weighted by Crippen LogP contribution is 2.30. The summed E-state index contributed by atoms with van der Waals surface area (Å²) < 4.78 is 6.09. The first-order chi connectivity index (χ1) is 11.3. The Hall–Kier alpha value is -2.66. The summed E-state index contributed by atoms with van der Waals surface area (Å²) in [5, 5.41) is 3.92. The van der Waals surface area contributed by atoms with Gasteiger partial charge >= 0.3 is 0 Å². The number of piperazine rings is 1. The van der Waals surface area contributed by atoms with Crippen molar-refractivity contribution in [3.8, 4) is 11.5 Å². The summed E-state index contributed by atoms with van der Waals surface area (Å²) in [7, 11) is 0. The maximum Gasteiger partial charge on any atom is 0.216 e. The van der Waals surface area contributed by atoms with Crippen LogP contribution in [0.15, 0.2) is 57.9 Å². The second-order valence-corrected chi connectivity index (χ2v) is 5.56. The highest BCUT2D eigenvalue weighted by molar-refractivity contribution is 5.85. The van der Waals surface area contributed by atoms with Crippen molar-refractivity contribution in [3.63, 3.8) is 0 Å². The Kier molecular flexibility index (Phi) is 3.55. The molecule has 0 unspecified atom stereocenters. The first-order valence-electron chi connectivity index (χ1n) is 7.77. The van der Waals surface area contributed by atoms with Crippen molar-refractivity contribution in [2.45, 2.75) is 0 Å². The third-order valence-corrected chi connectivity index (χ3v) is 4.10. The quantitative estimate of drug-likeness (QED) is 0.787. The minimum absolute atomic E-state index is 0.00871. The van der Waals surface area contributed by atoms with Crippen molar-refractivity contribution in [1.29, 1.82) is 0 Å². The number of pyridine rings is 1. The first kappa shape index (κ1) is 14.0. The molecule has 116 valence electrons. The van der Waals surface area contributed by atoms with E-state index in [2.05, 4.69) is 15.2 Å². The summed E-state index contributed by atoms with van der Waals surface area (Å²) in [5.74, 6) is 0.552. The van der Waals surface area contributed by atoms with Gasteiger partial charge in [0.05, 0.1) is 5.39 Å². The second-order valence-electron chi connectivity index (χ2n) is 5.56. The third kappa shape index (κ3) is 2.49. The van der Waals surface area contributed by atoms with Crippen LogP contribution in [0.3, 0.4) is 0 Å². The molecule has 0 spiro atoms. The maximum absolute atomic E-state index is 13.1. The fourth-order valence-corrected chi connectivity index (χ4v) is 2.98. The summed E-state index contributed by atoms with van der Waals surface area (Å²) in [6.07, 6.45) is 1.71. The van der Waals surface area contributed by atoms with Crippen LogP contribution in [-0.4, -0.2) is 31.2 Å². The van der Waals surface area contributed by atoms with Crippen molar-refractivity contribution in [1.82, 2.24) is 10.3 Å². The molecule has 5 heteroatoms. The first-order valence-corrected chi connectivity index (χ1v) is 7.77. The maximum atomic E-state index is 13.1. The zero-order valence-corrected chi connectivity index (χ0v) is 12.7. The lowest BCUT2D eigenvalue weighted by Gasteiger charge is -2.29. The van der Waals surface area contributed by atoms with Gasteiger partial charge in [-0.15, -0.1) is 0 Å². The molecule has 1 saturated heterocycles. The molecule has 3 heterocycles. The van der Waals surface area contributed by atoms with Gasteiger partial charge in [-0.1, -0.05) is 18.2 Å². The highest BCUT2D eigenvalue weighted by Gasteiger charge is 2.23. The molecule has 0 aliphatic carbocycles. The van der Waals surface area contributed by atoms with Gasteiger partial charge in [0.2, 0.25) is 5.43 Å². The molecule has 0 radical (unpaired) electrons. The Bertz CT molecular complexity index is 884. The Morgan fingerprint density at radius 3 is 2.61 bits per heavy atom. The lowest BCUT2D eigenvalue weighted by molar-refractivity contribution is 0.572. The molecule has 2 aromatic heterocycles. The molecule has 1 aromatic carbocycles. The monoisotopic (exact) mass is 307 g/mol. The molecule has 1 aliphatic rings. The van der Waals surface area contributed by atoms with Crippen LogP contribution < -0.4 is 15.6 Å². The summed E-state index contributed by atoms with van der Waals surface area (Å²) in [5.41, 5.74) is 1.90. The molecule has 1 aliphatic heterocycles. The summed E-state index contributed by atoms with van der Waals surface area (Å²) in [6, 6.07) is 13.0. The van der Waals surface area contributed by atoms with Crippen LogP contribution in [0, 0.1) is 0 Å². The number of aromatic nitrogens is 1. The number of rotatable bonds is 2. The van der Waals surface area contributed by atoms with Gasteiger partial charge in [-0.25, -0.2) is 0 Å². The zero-order valence-electron chi connectivity index (χ0n) is 12.7. The number of para-hydroxylation sites is 1. The number of nitrogens with one attached hydrogen (secondary N) is 1. The van der Waals surface area contributed by atoms with Gasteiger partial charge in [-0.3, -0.25) is 9.78 Å². The van der Waals surface area contributed by atoms with Crippen LogP contribution in [0.1, 0.15) is 0 Å². The minimum atomic E-state index is 0.00871. The van der Waals surface area contributed by atoms with Crippen molar-refractivity contribution < 1.29 is 4.42 Å². The lowest BCUT2D eigenvalue weighted by atomic mass is 10.1. The fourth-order valence-electron chi connectivity index (χ4n) is 2.98. The van der Waals surface area contributed by atoms with Crippen LogP contribution in [-0.2, 0) is 0 Å². The summed E-state index contributed by atoms with van der Waals surface area (Å²) >= 11 is 0. The SMILES string of the molecule is O=c1c(N2CCNCC2)c(-c2ccccn2)oc2ccccc12. The smallest absolute Gasteiger partial charge is 0.216 e. The van der Waals surface area contributed by atoms with Crippen molar-refractivity contribution >= 4 is 16.7 Å². The van der Waals surface area contributed by atoms with E-state index in [-0.39, 0.29) is 5.43 Å². The number of hydrogen-bond acceptors (Lipinski definition) is 5. The van der Waals surface area contributed by atoms with Crippen molar-refractivity contribution in [3.05, 3.63) is 58.9 Å². The second kappa shape index (κ2) is 5.85. The average molecular weight is 307 g/mol. The van der Waals surface area contributed by atoms with E-state index < -0.39 is 0 Å². The molecule has 0 amide bonds. The Morgan fingerprint density at radius 1 is 1.04 bits per heavy atom. The summed E-state index contributed by atoms with van der Waals surface area (Å²) in [6.45, 7) is 3.27. The Morgan fingerprint density at radius 2 is 1.83 bits per heavy atom. The topological polar surface area (TPSA) is 58.4 Å². The standard InChI is InChI=1S/C18H17N3O2/c22-17-13-5-1-2-7-15(13)23-18(14-6-3-4-8-20-14)16(17)21-11-9-19-10-12-21/h1-8,19H,9-12H2. The number of fused-ring (bicyclic) bond motifs is 1. The van der Waals surface area contributed by atoms with Crippen molar-refractivity contribution in [2.24, 2.45) is 0 Å². The number of anilines is 1. The van der Waals surface area contributed by atoms with Crippen molar-refractivity contribution in [2.75, 3.05) is 31.1 Å². The predicted octanol–water partition coefficient (Wildman–Crippen LogP) is 2.26. The normalized spacial score (nSPS) is 15.0. The van der Waals surface area contributed by atoms with Gasteiger partial charge in [0, 0.05) is 32.4 Å². The van der Waals surface area contributed by atoms with Gasteiger partial charge in [0.15, 0.2) is 5.76 Å². The number of benzene rings is 1.